The van der Waals surface area contributed by atoms with E-state index < -0.39 is 0 Å². The summed E-state index contributed by atoms with van der Waals surface area (Å²) < 4.78 is 0. The van der Waals surface area contributed by atoms with Gasteiger partial charge in [0, 0.05) is 6.20 Å². The highest BCUT2D eigenvalue weighted by Crippen LogP contribution is 2.04. The highest BCUT2D eigenvalue weighted by atomic mass is 16.2. The van der Waals surface area contributed by atoms with E-state index in [-0.39, 0.29) is 18.5 Å². The highest BCUT2D eigenvalue weighted by Gasteiger charge is 2.26. The second-order valence-electron chi connectivity index (χ2n) is 3.03. The normalized spacial score (nSPS) is 15.9. The lowest BCUT2D eigenvalue weighted by atomic mass is 10.3. The maximum atomic E-state index is 11.2. The van der Waals surface area contributed by atoms with Crippen LogP contribution in [-0.4, -0.2) is 28.4 Å². The number of nitrogens with zero attached hydrogens (tertiary/aromatic N) is 2. The number of nitrogens with one attached hydrogen (secondary N) is 1. The van der Waals surface area contributed by atoms with E-state index in [0.717, 1.165) is 5.69 Å². The quantitative estimate of drug-likeness (QED) is 0.676. The molecule has 14 heavy (non-hydrogen) atoms. The van der Waals surface area contributed by atoms with Crippen molar-refractivity contribution in [3.05, 3.63) is 30.1 Å². The summed E-state index contributed by atoms with van der Waals surface area (Å²) >= 11 is 0. The molecule has 1 saturated heterocycles. The number of hydrogen-bond donors (Lipinski definition) is 1. The van der Waals surface area contributed by atoms with Gasteiger partial charge >= 0.3 is 6.03 Å². The predicted molar refractivity (Wildman–Crippen MR) is 48.2 cm³/mol. The van der Waals surface area contributed by atoms with Gasteiger partial charge in [-0.25, -0.2) is 4.79 Å². The summed E-state index contributed by atoms with van der Waals surface area (Å²) in [7, 11) is 0. The van der Waals surface area contributed by atoms with E-state index in [1.165, 1.54) is 4.90 Å². The predicted octanol–water partition coefficient (Wildman–Crippen LogP) is 0.133. The van der Waals surface area contributed by atoms with Gasteiger partial charge < -0.3 is 4.90 Å². The molecule has 0 saturated carbocycles. The van der Waals surface area contributed by atoms with E-state index in [9.17, 15) is 9.59 Å². The molecule has 0 spiro atoms. The van der Waals surface area contributed by atoms with Crippen LogP contribution in [0.2, 0.25) is 0 Å². The van der Waals surface area contributed by atoms with E-state index in [1.54, 1.807) is 12.3 Å². The van der Waals surface area contributed by atoms with Crippen LogP contribution >= 0.6 is 0 Å². The maximum absolute atomic E-state index is 11.2. The first-order chi connectivity index (χ1) is 6.75. The molecule has 1 N–H and O–H groups in total. The van der Waals surface area contributed by atoms with E-state index >= 15 is 0 Å². The van der Waals surface area contributed by atoms with Crippen LogP contribution < -0.4 is 5.32 Å². The summed E-state index contributed by atoms with van der Waals surface area (Å²) in [6, 6.07) is 5.12. The van der Waals surface area contributed by atoms with Crippen LogP contribution in [0.4, 0.5) is 4.79 Å². The molecule has 1 aromatic rings. The van der Waals surface area contributed by atoms with Crippen LogP contribution in [0.25, 0.3) is 0 Å². The lowest BCUT2D eigenvalue weighted by Gasteiger charge is -2.11. The highest BCUT2D eigenvalue weighted by molar-refractivity contribution is 6.01. The Morgan fingerprint density at radius 3 is 2.86 bits per heavy atom. The number of urea groups is 1. The smallest absolute Gasteiger partial charge is 0.309 e. The lowest BCUT2D eigenvalue weighted by molar-refractivity contribution is -0.118. The van der Waals surface area contributed by atoms with Crippen LogP contribution in [-0.2, 0) is 11.3 Å². The minimum absolute atomic E-state index is 0.120. The summed E-state index contributed by atoms with van der Waals surface area (Å²) in [5, 5.41) is 2.21. The van der Waals surface area contributed by atoms with Gasteiger partial charge in [-0.1, -0.05) is 6.07 Å². The molecule has 72 valence electrons. The SMILES string of the molecule is O=C1CN(Cc2ccccn2)C(=O)N1. The summed E-state index contributed by atoms with van der Waals surface area (Å²) in [6.45, 7) is 0.494. The van der Waals surface area contributed by atoms with Crippen molar-refractivity contribution in [1.82, 2.24) is 15.2 Å². The fourth-order valence-electron chi connectivity index (χ4n) is 1.30. The van der Waals surface area contributed by atoms with Crippen LogP contribution in [0.5, 0.6) is 0 Å². The van der Waals surface area contributed by atoms with Crippen molar-refractivity contribution in [2.24, 2.45) is 0 Å². The average molecular weight is 191 g/mol. The number of imide groups is 1. The minimum Gasteiger partial charge on any atom is -0.309 e. The number of rotatable bonds is 2. The largest absolute Gasteiger partial charge is 0.324 e. The number of carbonyl (C=O) groups is 2. The van der Waals surface area contributed by atoms with Crippen molar-refractivity contribution in [3.8, 4) is 0 Å². The molecule has 1 fully saturated rings. The molecule has 5 heteroatoms. The molecule has 3 amide bonds. The summed E-state index contributed by atoms with van der Waals surface area (Å²) in [4.78, 5) is 27.5. The van der Waals surface area contributed by atoms with Gasteiger partial charge in [-0.05, 0) is 12.1 Å². The standard InChI is InChI=1S/C9H9N3O2/c13-8-6-12(9(14)11-8)5-7-3-1-2-4-10-7/h1-4H,5-6H2,(H,11,13,14). The Hall–Kier alpha value is -1.91. The van der Waals surface area contributed by atoms with Crippen LogP contribution in [0, 0.1) is 0 Å². The molecule has 2 rings (SSSR count). The van der Waals surface area contributed by atoms with Crippen LogP contribution in [0.3, 0.4) is 0 Å². The monoisotopic (exact) mass is 191 g/mol. The van der Waals surface area contributed by atoms with E-state index in [1.807, 2.05) is 12.1 Å². The third-order valence-electron chi connectivity index (χ3n) is 1.95. The Bertz CT molecular complexity index is 364. The first-order valence-electron chi connectivity index (χ1n) is 4.24. The zero-order valence-corrected chi connectivity index (χ0v) is 7.43. The number of hydrogen-bond acceptors (Lipinski definition) is 3. The van der Waals surface area contributed by atoms with Gasteiger partial charge in [0.15, 0.2) is 0 Å². The van der Waals surface area contributed by atoms with Crippen molar-refractivity contribution >= 4 is 11.9 Å². The number of aromatic nitrogens is 1. The van der Waals surface area contributed by atoms with Gasteiger partial charge in [0.05, 0.1) is 12.2 Å². The number of amides is 3. The maximum Gasteiger partial charge on any atom is 0.324 e. The van der Waals surface area contributed by atoms with E-state index in [2.05, 4.69) is 10.3 Å². The van der Waals surface area contributed by atoms with Crippen LogP contribution in [0.1, 0.15) is 5.69 Å². The van der Waals surface area contributed by atoms with E-state index in [4.69, 9.17) is 0 Å². The lowest BCUT2D eigenvalue weighted by Crippen LogP contribution is -2.28. The molecule has 0 aliphatic carbocycles. The summed E-state index contributed by atoms with van der Waals surface area (Å²) in [5.41, 5.74) is 0.775. The Balaban J connectivity index is 2.05. The zero-order valence-electron chi connectivity index (χ0n) is 7.43. The second kappa shape index (κ2) is 3.45. The molecule has 1 aliphatic rings. The van der Waals surface area contributed by atoms with Gasteiger partial charge in [0.1, 0.15) is 6.54 Å². The third kappa shape index (κ3) is 1.71. The molecule has 0 aromatic carbocycles. The Morgan fingerprint density at radius 1 is 1.43 bits per heavy atom. The molecule has 0 radical (unpaired) electrons. The number of carbonyl (C=O) groups excluding carboxylic acids is 2. The molecule has 5 nitrogen and oxygen atoms in total. The van der Waals surface area contributed by atoms with Gasteiger partial charge in [0.25, 0.3) is 0 Å². The Kier molecular flexibility index (Phi) is 2.14. The van der Waals surface area contributed by atoms with Crippen molar-refractivity contribution < 1.29 is 9.59 Å². The van der Waals surface area contributed by atoms with Gasteiger partial charge in [-0.15, -0.1) is 0 Å². The molecule has 1 aromatic heterocycles. The molecule has 1 aliphatic heterocycles. The topological polar surface area (TPSA) is 62.3 Å². The molecule has 2 heterocycles. The molecular weight excluding hydrogens is 182 g/mol. The van der Waals surface area contributed by atoms with Gasteiger partial charge in [-0.2, -0.15) is 0 Å². The average Bonchev–Trinajstić information content (AvgIpc) is 2.47. The number of pyridine rings is 1. The Morgan fingerprint density at radius 2 is 2.29 bits per heavy atom. The molecule has 0 unspecified atom stereocenters. The molecular formula is C9H9N3O2. The second-order valence-corrected chi connectivity index (χ2v) is 3.03. The summed E-state index contributed by atoms with van der Waals surface area (Å²) in [6.07, 6.45) is 1.66. The minimum atomic E-state index is -0.347. The van der Waals surface area contributed by atoms with Crippen molar-refractivity contribution in [2.75, 3.05) is 6.54 Å². The van der Waals surface area contributed by atoms with Gasteiger partial charge in [0.2, 0.25) is 5.91 Å². The van der Waals surface area contributed by atoms with Crippen molar-refractivity contribution in [2.45, 2.75) is 6.54 Å². The van der Waals surface area contributed by atoms with E-state index in [0.29, 0.717) is 6.54 Å². The van der Waals surface area contributed by atoms with Crippen molar-refractivity contribution in [3.63, 3.8) is 0 Å². The van der Waals surface area contributed by atoms with Gasteiger partial charge in [-0.3, -0.25) is 15.1 Å². The first-order valence-corrected chi connectivity index (χ1v) is 4.24. The zero-order chi connectivity index (χ0) is 9.97. The third-order valence-corrected chi connectivity index (χ3v) is 1.95. The fourth-order valence-corrected chi connectivity index (χ4v) is 1.30. The fraction of sp³-hybridized carbons (Fsp3) is 0.222. The van der Waals surface area contributed by atoms with Crippen molar-refractivity contribution in [1.29, 1.82) is 0 Å². The Labute approximate surface area is 80.7 Å². The molecule has 0 bridgehead atoms. The first kappa shape index (κ1) is 8.68. The molecule has 0 atom stereocenters. The van der Waals surface area contributed by atoms with Crippen LogP contribution in [0.15, 0.2) is 24.4 Å². The summed E-state index contributed by atoms with van der Waals surface area (Å²) in [5.74, 6) is -0.258.